The van der Waals surface area contributed by atoms with Gasteiger partial charge in [0.15, 0.2) is 0 Å². The molecule has 4 nitrogen and oxygen atoms in total. The summed E-state index contributed by atoms with van der Waals surface area (Å²) < 4.78 is 1.84. The van der Waals surface area contributed by atoms with Crippen molar-refractivity contribution in [2.45, 2.75) is 39.7 Å². The molecule has 0 unspecified atom stereocenters. The largest absolute Gasteiger partial charge is 0.396 e. The lowest BCUT2D eigenvalue weighted by Gasteiger charge is -2.14. The van der Waals surface area contributed by atoms with Gasteiger partial charge in [-0.05, 0) is 26.7 Å². The van der Waals surface area contributed by atoms with Crippen molar-refractivity contribution in [1.29, 1.82) is 5.26 Å². The number of hydrogen-bond donors (Lipinski definition) is 1. The van der Waals surface area contributed by atoms with E-state index in [-0.39, 0.29) is 5.41 Å². The first kappa shape index (κ1) is 11.6. The second kappa shape index (κ2) is 4.83. The lowest BCUT2D eigenvalue weighted by atomic mass is 9.89. The van der Waals surface area contributed by atoms with Gasteiger partial charge in [-0.3, -0.25) is 4.68 Å². The van der Waals surface area contributed by atoms with Crippen LogP contribution in [0.3, 0.4) is 0 Å². The van der Waals surface area contributed by atoms with E-state index in [1.807, 2.05) is 24.7 Å². The Labute approximate surface area is 90.7 Å². The van der Waals surface area contributed by atoms with Gasteiger partial charge in [-0.2, -0.15) is 10.4 Å². The van der Waals surface area contributed by atoms with Crippen LogP contribution in [0.1, 0.15) is 33.1 Å². The van der Waals surface area contributed by atoms with Crippen molar-refractivity contribution in [2.24, 2.45) is 5.41 Å². The molecule has 2 N–H and O–H groups in total. The highest BCUT2D eigenvalue weighted by atomic mass is 15.3. The molecule has 1 heterocycles. The number of nitrogens with two attached hydrogens (primary N) is 1. The number of anilines is 1. The lowest BCUT2D eigenvalue weighted by Crippen LogP contribution is -2.08. The molecule has 0 saturated carbocycles. The monoisotopic (exact) mass is 206 g/mol. The highest BCUT2D eigenvalue weighted by molar-refractivity contribution is 5.30. The topological polar surface area (TPSA) is 67.6 Å². The van der Waals surface area contributed by atoms with E-state index in [0.29, 0.717) is 5.69 Å². The zero-order valence-electron chi connectivity index (χ0n) is 9.40. The average Bonchev–Trinajstić information content (AvgIpc) is 2.59. The van der Waals surface area contributed by atoms with E-state index in [2.05, 4.69) is 11.2 Å². The SMILES string of the molecule is CC(C)(C#N)CCCCn1cc(N)cn1. The minimum Gasteiger partial charge on any atom is -0.396 e. The van der Waals surface area contributed by atoms with Crippen LogP contribution in [-0.4, -0.2) is 9.78 Å². The summed E-state index contributed by atoms with van der Waals surface area (Å²) in [6, 6.07) is 2.30. The molecule has 1 aromatic heterocycles. The highest BCUT2D eigenvalue weighted by Crippen LogP contribution is 2.21. The van der Waals surface area contributed by atoms with Crippen molar-refractivity contribution in [3.05, 3.63) is 12.4 Å². The standard InChI is InChI=1S/C11H18N4/c1-11(2,9-12)5-3-4-6-15-8-10(13)7-14-15/h7-8H,3-6,13H2,1-2H3. The van der Waals surface area contributed by atoms with Crippen molar-refractivity contribution in [3.8, 4) is 6.07 Å². The summed E-state index contributed by atoms with van der Waals surface area (Å²) >= 11 is 0. The van der Waals surface area contributed by atoms with Gasteiger partial charge in [-0.1, -0.05) is 6.42 Å². The van der Waals surface area contributed by atoms with Crippen LogP contribution in [0.25, 0.3) is 0 Å². The van der Waals surface area contributed by atoms with Gasteiger partial charge in [0.1, 0.15) is 0 Å². The Morgan fingerprint density at radius 1 is 1.53 bits per heavy atom. The number of rotatable bonds is 5. The Morgan fingerprint density at radius 2 is 2.27 bits per heavy atom. The molecule has 1 aromatic rings. The lowest BCUT2D eigenvalue weighted by molar-refractivity contribution is 0.412. The zero-order valence-corrected chi connectivity index (χ0v) is 9.40. The Kier molecular flexibility index (Phi) is 3.73. The van der Waals surface area contributed by atoms with Gasteiger partial charge < -0.3 is 5.73 Å². The molecular formula is C11H18N4. The van der Waals surface area contributed by atoms with Gasteiger partial charge in [0.2, 0.25) is 0 Å². The maximum Gasteiger partial charge on any atom is 0.0719 e. The fourth-order valence-corrected chi connectivity index (χ4v) is 1.40. The molecule has 0 amide bonds. The Hall–Kier alpha value is -1.50. The van der Waals surface area contributed by atoms with Gasteiger partial charge in [0, 0.05) is 12.7 Å². The minimum absolute atomic E-state index is 0.205. The number of unbranched alkanes of at least 4 members (excludes halogenated alkanes) is 1. The van der Waals surface area contributed by atoms with Gasteiger partial charge in [-0.15, -0.1) is 0 Å². The van der Waals surface area contributed by atoms with E-state index in [4.69, 9.17) is 11.0 Å². The molecule has 0 spiro atoms. The predicted octanol–water partition coefficient (Wildman–Crippen LogP) is 2.19. The molecule has 0 radical (unpaired) electrons. The Bertz CT molecular complexity index is 346. The number of nitrogens with zero attached hydrogens (tertiary/aromatic N) is 3. The van der Waals surface area contributed by atoms with Crippen molar-refractivity contribution < 1.29 is 0 Å². The van der Waals surface area contributed by atoms with Crippen LogP contribution in [-0.2, 0) is 6.54 Å². The molecule has 4 heteroatoms. The van der Waals surface area contributed by atoms with Gasteiger partial charge in [-0.25, -0.2) is 0 Å². The van der Waals surface area contributed by atoms with Crippen molar-refractivity contribution in [2.75, 3.05) is 5.73 Å². The minimum atomic E-state index is -0.205. The van der Waals surface area contributed by atoms with Crippen LogP contribution < -0.4 is 5.73 Å². The fourth-order valence-electron chi connectivity index (χ4n) is 1.40. The molecule has 0 atom stereocenters. The molecule has 0 aromatic carbocycles. The molecule has 1 rings (SSSR count). The summed E-state index contributed by atoms with van der Waals surface area (Å²) in [4.78, 5) is 0. The number of nitriles is 1. The average molecular weight is 206 g/mol. The molecule has 0 saturated heterocycles. The molecular weight excluding hydrogens is 188 g/mol. The third kappa shape index (κ3) is 4.03. The Morgan fingerprint density at radius 3 is 2.80 bits per heavy atom. The summed E-state index contributed by atoms with van der Waals surface area (Å²) in [5.74, 6) is 0. The molecule has 0 aliphatic rings. The van der Waals surface area contributed by atoms with Crippen LogP contribution in [0, 0.1) is 16.7 Å². The smallest absolute Gasteiger partial charge is 0.0719 e. The summed E-state index contributed by atoms with van der Waals surface area (Å²) in [5.41, 5.74) is 6.04. The van der Waals surface area contributed by atoms with Crippen LogP contribution in [0.15, 0.2) is 12.4 Å². The van der Waals surface area contributed by atoms with E-state index < -0.39 is 0 Å². The third-order valence-corrected chi connectivity index (χ3v) is 2.39. The van der Waals surface area contributed by atoms with Gasteiger partial charge >= 0.3 is 0 Å². The molecule has 0 fully saturated rings. The molecule has 15 heavy (non-hydrogen) atoms. The zero-order chi connectivity index (χ0) is 11.3. The third-order valence-electron chi connectivity index (χ3n) is 2.39. The second-order valence-electron chi connectivity index (χ2n) is 4.49. The van der Waals surface area contributed by atoms with Gasteiger partial charge in [0.05, 0.1) is 23.4 Å². The predicted molar refractivity (Wildman–Crippen MR) is 59.9 cm³/mol. The first-order chi connectivity index (χ1) is 7.03. The van der Waals surface area contributed by atoms with Crippen LogP contribution in [0.4, 0.5) is 5.69 Å². The molecule has 0 aliphatic heterocycles. The van der Waals surface area contributed by atoms with Crippen LogP contribution in [0.5, 0.6) is 0 Å². The summed E-state index contributed by atoms with van der Waals surface area (Å²) in [6.45, 7) is 4.82. The number of hydrogen-bond acceptors (Lipinski definition) is 3. The Balaban J connectivity index is 2.21. The summed E-state index contributed by atoms with van der Waals surface area (Å²) in [6.07, 6.45) is 6.49. The van der Waals surface area contributed by atoms with E-state index in [9.17, 15) is 0 Å². The number of aryl methyl sites for hydroxylation is 1. The summed E-state index contributed by atoms with van der Waals surface area (Å²) in [5, 5.41) is 12.9. The molecule has 0 bridgehead atoms. The number of nitrogen functional groups attached to an aromatic ring is 1. The van der Waals surface area contributed by atoms with Crippen LogP contribution in [0.2, 0.25) is 0 Å². The summed E-state index contributed by atoms with van der Waals surface area (Å²) in [7, 11) is 0. The maximum absolute atomic E-state index is 8.83. The number of aromatic nitrogens is 2. The highest BCUT2D eigenvalue weighted by Gasteiger charge is 2.15. The van der Waals surface area contributed by atoms with E-state index in [0.717, 1.165) is 25.8 Å². The van der Waals surface area contributed by atoms with Crippen molar-refractivity contribution >= 4 is 5.69 Å². The van der Waals surface area contributed by atoms with E-state index in [1.54, 1.807) is 6.20 Å². The van der Waals surface area contributed by atoms with Crippen molar-refractivity contribution in [3.63, 3.8) is 0 Å². The normalized spacial score (nSPS) is 11.3. The van der Waals surface area contributed by atoms with E-state index in [1.165, 1.54) is 0 Å². The quantitative estimate of drug-likeness (QED) is 0.751. The fraction of sp³-hybridized carbons (Fsp3) is 0.636. The molecule has 82 valence electrons. The van der Waals surface area contributed by atoms with Gasteiger partial charge in [0.25, 0.3) is 0 Å². The molecule has 0 aliphatic carbocycles. The second-order valence-corrected chi connectivity index (χ2v) is 4.49. The first-order valence-electron chi connectivity index (χ1n) is 5.23. The van der Waals surface area contributed by atoms with E-state index >= 15 is 0 Å². The van der Waals surface area contributed by atoms with Crippen LogP contribution >= 0.6 is 0 Å². The first-order valence-corrected chi connectivity index (χ1v) is 5.23. The maximum atomic E-state index is 8.83. The van der Waals surface area contributed by atoms with Crippen molar-refractivity contribution in [1.82, 2.24) is 9.78 Å².